The van der Waals surface area contributed by atoms with Crippen LogP contribution in [0.2, 0.25) is 5.02 Å². The lowest BCUT2D eigenvalue weighted by atomic mass is 10.0. The predicted molar refractivity (Wildman–Crippen MR) is 177 cm³/mol. The normalized spacial score (nSPS) is 12.1. The van der Waals surface area contributed by atoms with Crippen molar-refractivity contribution in [1.29, 1.82) is 0 Å². The Balaban J connectivity index is 1.26. The molecular formula is C37H30ClN5O2. The lowest BCUT2D eigenvalue weighted by Crippen LogP contribution is -2.20. The third kappa shape index (κ3) is 6.16. The van der Waals surface area contributed by atoms with Gasteiger partial charge in [-0.25, -0.2) is 5.01 Å². The molecule has 222 valence electrons. The number of fused-ring (bicyclic) bond motifs is 3. The first-order valence-corrected chi connectivity index (χ1v) is 15.1. The summed E-state index contributed by atoms with van der Waals surface area (Å²) < 4.78 is 14.7. The first-order chi connectivity index (χ1) is 22.1. The molecule has 45 heavy (non-hydrogen) atoms. The minimum absolute atomic E-state index is 0.414. The minimum Gasteiger partial charge on any atom is -0.485 e. The molecule has 0 saturated heterocycles. The lowest BCUT2D eigenvalue weighted by Gasteiger charge is -2.19. The largest absolute Gasteiger partial charge is 0.485 e. The van der Waals surface area contributed by atoms with Crippen LogP contribution in [0.4, 0.5) is 5.95 Å². The first kappa shape index (κ1) is 28.4. The third-order valence-corrected chi connectivity index (χ3v) is 7.84. The molecule has 6 aromatic rings. The van der Waals surface area contributed by atoms with Gasteiger partial charge in [0.1, 0.15) is 24.7 Å². The van der Waals surface area contributed by atoms with Crippen molar-refractivity contribution in [2.24, 2.45) is 5.10 Å². The van der Waals surface area contributed by atoms with Crippen molar-refractivity contribution in [1.82, 2.24) is 14.8 Å². The molecule has 2 heterocycles. The van der Waals surface area contributed by atoms with E-state index in [0.29, 0.717) is 42.2 Å². The summed E-state index contributed by atoms with van der Waals surface area (Å²) in [6.07, 6.45) is 0. The van der Waals surface area contributed by atoms with Crippen LogP contribution in [0.3, 0.4) is 0 Å². The predicted octanol–water partition coefficient (Wildman–Crippen LogP) is 8.16. The van der Waals surface area contributed by atoms with E-state index in [1.807, 2.05) is 132 Å². The summed E-state index contributed by atoms with van der Waals surface area (Å²) >= 11 is 6.25. The van der Waals surface area contributed by atoms with Gasteiger partial charge in [-0.1, -0.05) is 109 Å². The van der Waals surface area contributed by atoms with Crippen LogP contribution in [0.15, 0.2) is 132 Å². The first-order valence-electron chi connectivity index (χ1n) is 14.7. The van der Waals surface area contributed by atoms with Crippen LogP contribution >= 0.6 is 11.6 Å². The van der Waals surface area contributed by atoms with Crippen LogP contribution < -0.4 is 14.5 Å². The fourth-order valence-electron chi connectivity index (χ4n) is 5.34. The van der Waals surface area contributed by atoms with Crippen LogP contribution in [0.1, 0.15) is 33.6 Å². The standard InChI is InChI=1S/C37H30ClN5O2/c1-26-39-40-37-42(41-36(30-17-19-31(38)20-18-30)32-14-8-9-15-33(32)43(26)37)23-29-16-21-34(44-24-27-10-4-2-5-11-27)35(22-29)45-25-28-12-6-3-7-13-28/h2-22H,23-25H2,1H3. The Morgan fingerprint density at radius 2 is 1.29 bits per heavy atom. The highest BCUT2D eigenvalue weighted by molar-refractivity contribution is 6.30. The Bertz CT molecular complexity index is 1960. The summed E-state index contributed by atoms with van der Waals surface area (Å²) in [7, 11) is 0. The molecule has 7 rings (SSSR count). The topological polar surface area (TPSA) is 64.8 Å². The molecule has 0 bridgehead atoms. The molecule has 7 nitrogen and oxygen atoms in total. The number of aromatic nitrogens is 3. The number of benzene rings is 5. The van der Waals surface area contributed by atoms with E-state index in [-0.39, 0.29) is 0 Å². The Kier molecular flexibility index (Phi) is 8.00. The van der Waals surface area contributed by atoms with E-state index < -0.39 is 0 Å². The molecule has 0 atom stereocenters. The van der Waals surface area contributed by atoms with Crippen molar-refractivity contribution < 1.29 is 9.47 Å². The molecule has 0 fully saturated rings. The monoisotopic (exact) mass is 611 g/mol. The van der Waals surface area contributed by atoms with E-state index in [2.05, 4.69) is 22.3 Å². The van der Waals surface area contributed by atoms with Gasteiger partial charge < -0.3 is 9.47 Å². The van der Waals surface area contributed by atoms with Crippen LogP contribution in [-0.4, -0.2) is 20.5 Å². The second-order valence-electron chi connectivity index (χ2n) is 10.7. The number of hydrogen-bond acceptors (Lipinski definition) is 6. The fourth-order valence-corrected chi connectivity index (χ4v) is 5.47. The lowest BCUT2D eigenvalue weighted by molar-refractivity contribution is 0.255. The Morgan fingerprint density at radius 3 is 2.00 bits per heavy atom. The van der Waals surface area contributed by atoms with Crippen molar-refractivity contribution in [3.05, 3.63) is 166 Å². The van der Waals surface area contributed by atoms with Gasteiger partial charge in [-0.3, -0.25) is 4.57 Å². The quantitative estimate of drug-likeness (QED) is 0.165. The molecule has 1 aromatic heterocycles. The van der Waals surface area contributed by atoms with Gasteiger partial charge in [0.05, 0.1) is 12.2 Å². The van der Waals surface area contributed by atoms with Crippen molar-refractivity contribution in [3.8, 4) is 17.2 Å². The molecule has 0 saturated carbocycles. The summed E-state index contributed by atoms with van der Waals surface area (Å²) in [6, 6.07) is 42.2. The van der Waals surface area contributed by atoms with E-state index >= 15 is 0 Å². The van der Waals surface area contributed by atoms with E-state index in [0.717, 1.165) is 45.0 Å². The molecule has 0 N–H and O–H groups in total. The fraction of sp³-hybridized carbons (Fsp3) is 0.108. The van der Waals surface area contributed by atoms with Gasteiger partial charge in [-0.05, 0) is 53.9 Å². The zero-order valence-electron chi connectivity index (χ0n) is 24.7. The molecule has 5 aromatic carbocycles. The molecule has 0 aliphatic carbocycles. The summed E-state index contributed by atoms with van der Waals surface area (Å²) in [5.74, 6) is 2.72. The van der Waals surface area contributed by atoms with Crippen LogP contribution in [0, 0.1) is 6.92 Å². The van der Waals surface area contributed by atoms with Crippen LogP contribution in [-0.2, 0) is 19.8 Å². The molecule has 0 amide bonds. The molecule has 0 spiro atoms. The Labute approximate surface area is 267 Å². The Hall–Kier alpha value is -5.40. The van der Waals surface area contributed by atoms with Crippen molar-refractivity contribution >= 4 is 23.3 Å². The third-order valence-electron chi connectivity index (χ3n) is 7.59. The number of aryl methyl sites for hydroxylation is 1. The van der Waals surface area contributed by atoms with Crippen molar-refractivity contribution in [2.45, 2.75) is 26.7 Å². The number of ether oxygens (including phenoxy) is 2. The highest BCUT2D eigenvalue weighted by Crippen LogP contribution is 2.34. The Morgan fingerprint density at radius 1 is 0.644 bits per heavy atom. The van der Waals surface area contributed by atoms with Gasteiger partial charge in [0.25, 0.3) is 5.95 Å². The summed E-state index contributed by atoms with van der Waals surface area (Å²) in [6.45, 7) is 3.22. The highest BCUT2D eigenvalue weighted by Gasteiger charge is 2.26. The molecule has 0 radical (unpaired) electrons. The maximum Gasteiger partial charge on any atom is 0.252 e. The second kappa shape index (κ2) is 12.7. The molecule has 0 unspecified atom stereocenters. The summed E-state index contributed by atoms with van der Waals surface area (Å²) in [5, 5.41) is 16.8. The van der Waals surface area contributed by atoms with Gasteiger partial charge in [0, 0.05) is 16.1 Å². The van der Waals surface area contributed by atoms with Gasteiger partial charge in [0.2, 0.25) is 0 Å². The van der Waals surface area contributed by atoms with E-state index in [1.165, 1.54) is 0 Å². The number of hydrazone groups is 1. The van der Waals surface area contributed by atoms with Crippen LogP contribution in [0.25, 0.3) is 5.69 Å². The molecule has 8 heteroatoms. The van der Waals surface area contributed by atoms with Gasteiger partial charge in [-0.15, -0.1) is 10.2 Å². The summed E-state index contributed by atoms with van der Waals surface area (Å²) in [5.41, 5.74) is 6.83. The minimum atomic E-state index is 0.414. The SMILES string of the molecule is Cc1nnc2n1-c1ccccc1C(c1ccc(Cl)cc1)=NN2Cc1ccc(OCc2ccccc2)c(OCc2ccccc2)c1. The molecule has 1 aliphatic heterocycles. The van der Waals surface area contributed by atoms with E-state index in [1.54, 1.807) is 0 Å². The number of nitrogens with zero attached hydrogens (tertiary/aromatic N) is 5. The zero-order chi connectivity index (χ0) is 30.6. The number of hydrogen-bond donors (Lipinski definition) is 0. The van der Waals surface area contributed by atoms with E-state index in [9.17, 15) is 0 Å². The van der Waals surface area contributed by atoms with E-state index in [4.69, 9.17) is 26.2 Å². The number of anilines is 1. The van der Waals surface area contributed by atoms with Gasteiger partial charge >= 0.3 is 0 Å². The van der Waals surface area contributed by atoms with Crippen LogP contribution in [0.5, 0.6) is 11.5 Å². The zero-order valence-corrected chi connectivity index (χ0v) is 25.4. The number of para-hydroxylation sites is 1. The average molecular weight is 612 g/mol. The molecular weight excluding hydrogens is 582 g/mol. The maximum atomic E-state index is 6.37. The maximum absolute atomic E-state index is 6.37. The second-order valence-corrected chi connectivity index (χ2v) is 11.2. The average Bonchev–Trinajstić information content (AvgIpc) is 3.41. The van der Waals surface area contributed by atoms with Gasteiger partial charge in [-0.2, -0.15) is 5.10 Å². The van der Waals surface area contributed by atoms with Crippen molar-refractivity contribution in [3.63, 3.8) is 0 Å². The molecule has 1 aliphatic rings. The highest BCUT2D eigenvalue weighted by atomic mass is 35.5. The van der Waals surface area contributed by atoms with Gasteiger partial charge in [0.15, 0.2) is 11.5 Å². The smallest absolute Gasteiger partial charge is 0.252 e. The number of halogens is 1. The van der Waals surface area contributed by atoms with Crippen molar-refractivity contribution in [2.75, 3.05) is 5.01 Å². The summed E-state index contributed by atoms with van der Waals surface area (Å²) in [4.78, 5) is 0. The number of rotatable bonds is 9.